The molecule has 0 amide bonds. The predicted octanol–water partition coefficient (Wildman–Crippen LogP) is 3.27. The van der Waals surface area contributed by atoms with Crippen molar-refractivity contribution in [3.63, 3.8) is 0 Å². The van der Waals surface area contributed by atoms with Crippen LogP contribution in [0.1, 0.15) is 17.0 Å². The van der Waals surface area contributed by atoms with E-state index in [2.05, 4.69) is 9.98 Å². The Bertz CT molecular complexity index is 994. The number of benzene rings is 2. The summed E-state index contributed by atoms with van der Waals surface area (Å²) in [5, 5.41) is 11.2. The van der Waals surface area contributed by atoms with Gasteiger partial charge >= 0.3 is 0 Å². The lowest BCUT2D eigenvalue weighted by Crippen LogP contribution is -2.09. The van der Waals surface area contributed by atoms with Gasteiger partial charge in [-0.15, -0.1) is 0 Å². The molecule has 0 bridgehead atoms. The van der Waals surface area contributed by atoms with E-state index in [9.17, 15) is 14.5 Å². The number of imidazole rings is 1. The summed E-state index contributed by atoms with van der Waals surface area (Å²) in [5.41, 5.74) is 1.82. The summed E-state index contributed by atoms with van der Waals surface area (Å²) in [7, 11) is 0. The van der Waals surface area contributed by atoms with E-state index in [1.807, 2.05) is 4.57 Å². The van der Waals surface area contributed by atoms with Gasteiger partial charge in [0, 0.05) is 35.7 Å². The van der Waals surface area contributed by atoms with E-state index >= 15 is 0 Å². The molecule has 4 rings (SSSR count). The average molecular weight is 322 g/mol. The van der Waals surface area contributed by atoms with Crippen molar-refractivity contribution in [1.82, 2.24) is 9.55 Å². The summed E-state index contributed by atoms with van der Waals surface area (Å²) < 4.78 is 16.1. The number of rotatable bonds is 2. The van der Waals surface area contributed by atoms with Crippen molar-refractivity contribution in [2.75, 3.05) is 0 Å². The normalized spacial score (nSPS) is 12.8. The Balaban J connectivity index is 2.01. The van der Waals surface area contributed by atoms with Crippen LogP contribution in [0.25, 0.3) is 5.69 Å². The smallest absolute Gasteiger partial charge is 0.270 e. The predicted molar refractivity (Wildman–Crippen MR) is 86.0 cm³/mol. The number of nitro benzene ring substituents is 1. The minimum atomic E-state index is -0.473. The maximum absolute atomic E-state index is 14.3. The molecule has 1 aliphatic heterocycles. The summed E-state index contributed by atoms with van der Waals surface area (Å²) >= 11 is 0. The third kappa shape index (κ3) is 2.18. The Morgan fingerprint density at radius 2 is 2.00 bits per heavy atom. The molecule has 0 N–H and O–H groups in total. The SMILES string of the molecule is O=[N+]([O-])c1ccc2c(c1)C(c1ccccc1F)=NCc1nccn1-2. The molecule has 1 aromatic heterocycles. The number of nitro groups is 1. The summed E-state index contributed by atoms with van der Waals surface area (Å²) in [4.78, 5) is 19.4. The number of halogens is 1. The number of aliphatic imine (C=N–C) groups is 1. The van der Waals surface area contributed by atoms with Crippen molar-refractivity contribution in [2.45, 2.75) is 6.54 Å². The van der Waals surface area contributed by atoms with E-state index in [4.69, 9.17) is 0 Å². The van der Waals surface area contributed by atoms with Crippen LogP contribution < -0.4 is 0 Å². The third-order valence-electron chi connectivity index (χ3n) is 3.93. The molecule has 0 aliphatic carbocycles. The molecular formula is C17H11FN4O2. The summed E-state index contributed by atoms with van der Waals surface area (Å²) in [6, 6.07) is 10.8. The van der Waals surface area contributed by atoms with Crippen LogP contribution in [0.5, 0.6) is 0 Å². The lowest BCUT2D eigenvalue weighted by molar-refractivity contribution is -0.384. The Morgan fingerprint density at radius 1 is 1.17 bits per heavy atom. The van der Waals surface area contributed by atoms with E-state index in [1.54, 1.807) is 36.7 Å². The topological polar surface area (TPSA) is 73.3 Å². The van der Waals surface area contributed by atoms with Gasteiger partial charge in [0.2, 0.25) is 0 Å². The van der Waals surface area contributed by atoms with Gasteiger partial charge in [-0.2, -0.15) is 0 Å². The first-order chi connectivity index (χ1) is 11.6. The van der Waals surface area contributed by atoms with Crippen molar-refractivity contribution < 1.29 is 9.31 Å². The number of aromatic nitrogens is 2. The maximum Gasteiger partial charge on any atom is 0.270 e. The number of hydrogen-bond acceptors (Lipinski definition) is 4. The van der Waals surface area contributed by atoms with Crippen LogP contribution in [0.15, 0.2) is 59.9 Å². The van der Waals surface area contributed by atoms with Gasteiger partial charge in [0.15, 0.2) is 0 Å². The molecule has 2 aromatic carbocycles. The third-order valence-corrected chi connectivity index (χ3v) is 3.93. The lowest BCUT2D eigenvalue weighted by Gasteiger charge is -2.12. The zero-order valence-electron chi connectivity index (χ0n) is 12.4. The van der Waals surface area contributed by atoms with Crippen LogP contribution in [-0.4, -0.2) is 20.2 Å². The molecule has 0 spiro atoms. The Morgan fingerprint density at radius 3 is 2.79 bits per heavy atom. The molecule has 118 valence electrons. The molecule has 0 unspecified atom stereocenters. The highest BCUT2D eigenvalue weighted by atomic mass is 19.1. The molecule has 0 saturated heterocycles. The van der Waals surface area contributed by atoms with Crippen LogP contribution in [-0.2, 0) is 6.54 Å². The standard InChI is InChI=1S/C17H11FN4O2/c18-14-4-2-1-3-12(14)17-13-9-11(22(23)24)5-6-15(13)21-8-7-19-16(21)10-20-17/h1-9H,10H2. The molecule has 6 nitrogen and oxygen atoms in total. The van der Waals surface area contributed by atoms with E-state index < -0.39 is 10.7 Å². The monoisotopic (exact) mass is 322 g/mol. The fourth-order valence-electron chi connectivity index (χ4n) is 2.83. The highest BCUT2D eigenvalue weighted by Crippen LogP contribution is 2.28. The van der Waals surface area contributed by atoms with Crippen LogP contribution in [0.4, 0.5) is 10.1 Å². The molecule has 0 saturated carbocycles. The second-order valence-corrected chi connectivity index (χ2v) is 5.32. The van der Waals surface area contributed by atoms with E-state index in [0.29, 0.717) is 28.4 Å². The Hall–Kier alpha value is -3.35. The van der Waals surface area contributed by atoms with Crippen LogP contribution in [0, 0.1) is 15.9 Å². The molecule has 2 heterocycles. The molecule has 7 heteroatoms. The molecule has 0 fully saturated rings. The number of fused-ring (bicyclic) bond motifs is 3. The lowest BCUT2D eigenvalue weighted by atomic mass is 9.99. The van der Waals surface area contributed by atoms with Gasteiger partial charge < -0.3 is 4.57 Å². The molecule has 0 atom stereocenters. The number of hydrogen-bond donors (Lipinski definition) is 0. The van der Waals surface area contributed by atoms with Gasteiger partial charge in [0.25, 0.3) is 5.69 Å². The molecule has 3 aromatic rings. The second kappa shape index (κ2) is 5.38. The quantitative estimate of drug-likeness (QED) is 0.537. The maximum atomic E-state index is 14.3. The molecule has 24 heavy (non-hydrogen) atoms. The fraction of sp³-hybridized carbons (Fsp3) is 0.0588. The van der Waals surface area contributed by atoms with E-state index in [-0.39, 0.29) is 12.2 Å². The van der Waals surface area contributed by atoms with Crippen LogP contribution in [0.3, 0.4) is 0 Å². The zero-order chi connectivity index (χ0) is 16.7. The van der Waals surface area contributed by atoms with Gasteiger partial charge in [0.1, 0.15) is 11.6 Å². The van der Waals surface area contributed by atoms with E-state index in [0.717, 1.165) is 0 Å². The summed E-state index contributed by atoms with van der Waals surface area (Å²) in [6.07, 6.45) is 3.41. The van der Waals surface area contributed by atoms with Crippen molar-refractivity contribution in [3.8, 4) is 5.69 Å². The first-order valence-corrected chi connectivity index (χ1v) is 7.26. The molecular weight excluding hydrogens is 311 g/mol. The van der Waals surface area contributed by atoms with Crippen molar-refractivity contribution >= 4 is 11.4 Å². The summed E-state index contributed by atoms with van der Waals surface area (Å²) in [6.45, 7) is 0.263. The Kier molecular flexibility index (Phi) is 3.19. The number of nitrogens with zero attached hydrogens (tertiary/aromatic N) is 4. The van der Waals surface area contributed by atoms with Gasteiger partial charge in [-0.3, -0.25) is 15.1 Å². The largest absolute Gasteiger partial charge is 0.302 e. The van der Waals surface area contributed by atoms with Gasteiger partial charge in [0.05, 0.1) is 22.9 Å². The molecule has 1 aliphatic rings. The fourth-order valence-corrected chi connectivity index (χ4v) is 2.83. The van der Waals surface area contributed by atoms with Crippen molar-refractivity contribution in [1.29, 1.82) is 0 Å². The van der Waals surface area contributed by atoms with Crippen LogP contribution >= 0.6 is 0 Å². The zero-order valence-corrected chi connectivity index (χ0v) is 12.4. The minimum Gasteiger partial charge on any atom is -0.302 e. The second-order valence-electron chi connectivity index (χ2n) is 5.32. The highest BCUT2D eigenvalue weighted by Gasteiger charge is 2.23. The van der Waals surface area contributed by atoms with Gasteiger partial charge in [-0.25, -0.2) is 9.37 Å². The first kappa shape index (κ1) is 14.3. The highest BCUT2D eigenvalue weighted by molar-refractivity contribution is 6.15. The average Bonchev–Trinajstić information content (AvgIpc) is 2.99. The van der Waals surface area contributed by atoms with Crippen molar-refractivity contribution in [3.05, 3.63) is 87.7 Å². The van der Waals surface area contributed by atoms with Crippen LogP contribution in [0.2, 0.25) is 0 Å². The molecule has 0 radical (unpaired) electrons. The van der Waals surface area contributed by atoms with Crippen molar-refractivity contribution in [2.24, 2.45) is 4.99 Å². The van der Waals surface area contributed by atoms with Gasteiger partial charge in [-0.1, -0.05) is 12.1 Å². The van der Waals surface area contributed by atoms with Gasteiger partial charge in [-0.05, 0) is 18.2 Å². The first-order valence-electron chi connectivity index (χ1n) is 7.26. The van der Waals surface area contributed by atoms with E-state index in [1.165, 1.54) is 18.2 Å². The number of non-ortho nitro benzene ring substituents is 1. The Labute approximate surface area is 136 Å². The summed E-state index contributed by atoms with van der Waals surface area (Å²) in [5.74, 6) is 0.268. The minimum absolute atomic E-state index is 0.0682.